The summed E-state index contributed by atoms with van der Waals surface area (Å²) in [7, 11) is 0. The van der Waals surface area contributed by atoms with Crippen molar-refractivity contribution >= 4 is 0 Å². The van der Waals surface area contributed by atoms with Crippen LogP contribution in [0.15, 0.2) is 0 Å². The summed E-state index contributed by atoms with van der Waals surface area (Å²) in [5.41, 5.74) is -1.34. The van der Waals surface area contributed by atoms with Crippen LogP contribution in [0.25, 0.3) is 0 Å². The Balaban J connectivity index is 2.29. The molecule has 1 heterocycles. The molecule has 1 saturated heterocycles. The highest BCUT2D eigenvalue weighted by Gasteiger charge is 2.55. The van der Waals surface area contributed by atoms with E-state index in [4.69, 9.17) is 4.74 Å². The summed E-state index contributed by atoms with van der Waals surface area (Å²) in [6.45, 7) is 3.37. The van der Waals surface area contributed by atoms with Crippen molar-refractivity contribution in [2.75, 3.05) is 13.2 Å². The van der Waals surface area contributed by atoms with E-state index in [0.717, 1.165) is 25.7 Å². The summed E-state index contributed by atoms with van der Waals surface area (Å²) >= 11 is 0. The van der Waals surface area contributed by atoms with Gasteiger partial charge in [-0.3, -0.25) is 0 Å². The number of rotatable bonds is 2. The molecule has 2 fully saturated rings. The maximum atomic E-state index is 11.1. The molecule has 0 aromatic carbocycles. The monoisotopic (exact) mass is 237 g/mol. The fourth-order valence-corrected chi connectivity index (χ4v) is 3.76. The molecule has 1 aliphatic carbocycles. The van der Waals surface area contributed by atoms with Crippen molar-refractivity contribution in [1.82, 2.24) is 0 Å². The number of nitrogens with zero attached hydrogens (tertiary/aromatic N) is 1. The molecule has 2 aliphatic rings. The average Bonchev–Trinajstić information content (AvgIpc) is 2.40. The van der Waals surface area contributed by atoms with Gasteiger partial charge in [-0.15, -0.1) is 0 Å². The van der Waals surface area contributed by atoms with Crippen LogP contribution < -0.4 is 0 Å². The molecule has 0 bridgehead atoms. The zero-order valence-electron chi connectivity index (χ0n) is 10.7. The first-order chi connectivity index (χ1) is 8.18. The van der Waals surface area contributed by atoms with Crippen molar-refractivity contribution in [2.24, 2.45) is 11.3 Å². The Hall–Kier alpha value is -0.590. The van der Waals surface area contributed by atoms with Gasteiger partial charge in [-0.05, 0) is 31.6 Å². The van der Waals surface area contributed by atoms with Crippen molar-refractivity contribution in [3.63, 3.8) is 0 Å². The molecule has 2 atom stereocenters. The summed E-state index contributed by atoms with van der Waals surface area (Å²) in [5.74, 6) is 0.286. The Morgan fingerprint density at radius 2 is 2.00 bits per heavy atom. The van der Waals surface area contributed by atoms with Crippen LogP contribution in [0.3, 0.4) is 0 Å². The lowest BCUT2D eigenvalue weighted by Crippen LogP contribution is -2.56. The maximum Gasteiger partial charge on any atom is 0.0906 e. The summed E-state index contributed by atoms with van der Waals surface area (Å²) in [6.07, 6.45) is 6.46. The second kappa shape index (κ2) is 4.96. The van der Waals surface area contributed by atoms with Crippen LogP contribution in [-0.2, 0) is 4.74 Å². The number of nitriles is 1. The lowest BCUT2D eigenvalue weighted by Gasteiger charge is -2.51. The Morgan fingerprint density at radius 1 is 1.29 bits per heavy atom. The predicted octanol–water partition coefficient (Wildman–Crippen LogP) is 2.64. The van der Waals surface area contributed by atoms with Crippen LogP contribution in [0.4, 0.5) is 0 Å². The predicted molar refractivity (Wildman–Crippen MR) is 65.3 cm³/mol. The smallest absolute Gasteiger partial charge is 0.0906 e. The lowest BCUT2D eigenvalue weighted by atomic mass is 9.57. The minimum absolute atomic E-state index is 0.286. The molecule has 1 N–H and O–H groups in total. The molecular formula is C14H23NO2. The largest absolute Gasteiger partial charge is 0.388 e. The highest BCUT2D eigenvalue weighted by molar-refractivity contribution is 5.15. The molecule has 0 aromatic heterocycles. The second-order valence-electron chi connectivity index (χ2n) is 5.58. The van der Waals surface area contributed by atoms with Crippen molar-refractivity contribution in [2.45, 2.75) is 57.5 Å². The Labute approximate surface area is 104 Å². The van der Waals surface area contributed by atoms with Gasteiger partial charge in [0.15, 0.2) is 0 Å². The summed E-state index contributed by atoms with van der Waals surface area (Å²) in [4.78, 5) is 0. The third-order valence-electron chi connectivity index (χ3n) is 4.92. The molecule has 3 heteroatoms. The van der Waals surface area contributed by atoms with Crippen molar-refractivity contribution in [3.8, 4) is 6.07 Å². The van der Waals surface area contributed by atoms with Crippen LogP contribution in [-0.4, -0.2) is 23.9 Å². The van der Waals surface area contributed by atoms with E-state index in [0.29, 0.717) is 26.1 Å². The van der Waals surface area contributed by atoms with Crippen LogP contribution in [0, 0.1) is 22.7 Å². The van der Waals surface area contributed by atoms with Gasteiger partial charge in [-0.25, -0.2) is 0 Å². The van der Waals surface area contributed by atoms with Crippen LogP contribution in [0.2, 0.25) is 0 Å². The molecule has 96 valence electrons. The number of hydrogen-bond acceptors (Lipinski definition) is 3. The van der Waals surface area contributed by atoms with Gasteiger partial charge < -0.3 is 9.84 Å². The minimum atomic E-state index is -0.779. The van der Waals surface area contributed by atoms with Gasteiger partial charge >= 0.3 is 0 Å². The fraction of sp³-hybridized carbons (Fsp3) is 0.929. The first kappa shape index (κ1) is 12.9. The van der Waals surface area contributed by atoms with Gasteiger partial charge in [-0.2, -0.15) is 5.26 Å². The maximum absolute atomic E-state index is 11.1. The Kier molecular flexibility index (Phi) is 3.75. The fourth-order valence-electron chi connectivity index (χ4n) is 3.76. The molecule has 3 nitrogen and oxygen atoms in total. The molecule has 0 amide bonds. The Morgan fingerprint density at radius 3 is 2.59 bits per heavy atom. The van der Waals surface area contributed by atoms with Crippen molar-refractivity contribution < 1.29 is 9.84 Å². The second-order valence-corrected chi connectivity index (χ2v) is 5.58. The van der Waals surface area contributed by atoms with Gasteiger partial charge in [0.1, 0.15) is 0 Å². The summed E-state index contributed by atoms with van der Waals surface area (Å²) < 4.78 is 5.37. The Bertz CT molecular complexity index is 304. The molecular weight excluding hydrogens is 214 g/mol. The van der Waals surface area contributed by atoms with E-state index in [1.165, 1.54) is 6.42 Å². The summed E-state index contributed by atoms with van der Waals surface area (Å²) in [6, 6.07) is 2.46. The van der Waals surface area contributed by atoms with Gasteiger partial charge in [0.25, 0.3) is 0 Å². The van der Waals surface area contributed by atoms with Gasteiger partial charge in [-0.1, -0.05) is 26.2 Å². The number of aliphatic hydroxyl groups is 1. The van der Waals surface area contributed by atoms with E-state index in [2.05, 4.69) is 13.0 Å². The van der Waals surface area contributed by atoms with E-state index in [1.807, 2.05) is 0 Å². The quantitative estimate of drug-likeness (QED) is 0.803. The van der Waals surface area contributed by atoms with E-state index in [9.17, 15) is 10.4 Å². The average molecular weight is 237 g/mol. The normalized spacial score (nSPS) is 37.4. The van der Waals surface area contributed by atoms with Crippen LogP contribution in [0.5, 0.6) is 0 Å². The van der Waals surface area contributed by atoms with Crippen LogP contribution >= 0.6 is 0 Å². The highest BCUT2D eigenvalue weighted by atomic mass is 16.5. The molecule has 1 saturated carbocycles. The standard InChI is InChI=1S/C14H23NO2/c1-2-12-5-3-4-6-14(12,16)13(11-15)7-9-17-10-8-13/h12,16H,2-10H2,1H3. The van der Waals surface area contributed by atoms with Gasteiger partial charge in [0.05, 0.1) is 17.1 Å². The van der Waals surface area contributed by atoms with E-state index < -0.39 is 11.0 Å². The van der Waals surface area contributed by atoms with Crippen LogP contribution in [0.1, 0.15) is 51.9 Å². The van der Waals surface area contributed by atoms with Crippen molar-refractivity contribution in [1.29, 1.82) is 5.26 Å². The molecule has 2 unspecified atom stereocenters. The highest BCUT2D eigenvalue weighted by Crippen LogP contribution is 2.51. The van der Waals surface area contributed by atoms with Crippen molar-refractivity contribution in [3.05, 3.63) is 0 Å². The summed E-state index contributed by atoms with van der Waals surface area (Å²) in [5, 5.41) is 20.7. The molecule has 2 rings (SSSR count). The lowest BCUT2D eigenvalue weighted by molar-refractivity contribution is -0.155. The molecule has 0 spiro atoms. The minimum Gasteiger partial charge on any atom is -0.388 e. The SMILES string of the molecule is CCC1CCCCC1(O)C1(C#N)CCOCC1. The molecule has 0 aromatic rings. The first-order valence-corrected chi connectivity index (χ1v) is 6.90. The van der Waals surface area contributed by atoms with E-state index in [1.54, 1.807) is 0 Å². The number of ether oxygens (including phenoxy) is 1. The molecule has 17 heavy (non-hydrogen) atoms. The molecule has 1 aliphatic heterocycles. The van der Waals surface area contributed by atoms with E-state index >= 15 is 0 Å². The first-order valence-electron chi connectivity index (χ1n) is 6.90. The third kappa shape index (κ3) is 1.98. The number of hydrogen-bond donors (Lipinski definition) is 1. The van der Waals surface area contributed by atoms with Gasteiger partial charge in [0.2, 0.25) is 0 Å². The van der Waals surface area contributed by atoms with Gasteiger partial charge in [0, 0.05) is 13.2 Å². The topological polar surface area (TPSA) is 53.2 Å². The van der Waals surface area contributed by atoms with E-state index in [-0.39, 0.29) is 5.92 Å². The molecule has 0 radical (unpaired) electrons. The zero-order chi connectivity index (χ0) is 12.4. The third-order valence-corrected chi connectivity index (χ3v) is 4.92. The zero-order valence-corrected chi connectivity index (χ0v) is 10.7.